The Morgan fingerprint density at radius 1 is 1.60 bits per heavy atom. The molecule has 0 bridgehead atoms. The maximum atomic E-state index is 10.5. The standard InChI is InChI=1S/C9H7ClN2O2.Na.H/c10-7-1-2-8-6(3-7)4-11-12(8)5-9(13)14;;/h1-4H,5H2,(H,13,14);;/q;+1;-1. The number of hydrogen-bond acceptors (Lipinski definition) is 2. The van der Waals surface area contributed by atoms with Crippen LogP contribution in [0.5, 0.6) is 0 Å². The molecule has 1 heterocycles. The van der Waals surface area contributed by atoms with E-state index in [1.165, 1.54) is 4.68 Å². The Labute approximate surface area is 115 Å². The van der Waals surface area contributed by atoms with Crippen molar-refractivity contribution in [2.45, 2.75) is 6.54 Å². The molecule has 0 aliphatic carbocycles. The SMILES string of the molecule is O=C(O)Cn1ncc2cc(Cl)ccc21.[H-].[Na+]. The van der Waals surface area contributed by atoms with Crippen LogP contribution in [0.2, 0.25) is 5.02 Å². The van der Waals surface area contributed by atoms with E-state index in [4.69, 9.17) is 16.7 Å². The van der Waals surface area contributed by atoms with E-state index in [1.807, 2.05) is 0 Å². The van der Waals surface area contributed by atoms with E-state index in [0.717, 1.165) is 10.9 Å². The maximum Gasteiger partial charge on any atom is 1.00 e. The van der Waals surface area contributed by atoms with Gasteiger partial charge in [0.1, 0.15) is 6.54 Å². The molecule has 0 fully saturated rings. The van der Waals surface area contributed by atoms with Gasteiger partial charge in [0.15, 0.2) is 0 Å². The zero-order valence-corrected chi connectivity index (χ0v) is 10.9. The number of carboxylic acids is 1. The van der Waals surface area contributed by atoms with Crippen LogP contribution in [-0.4, -0.2) is 20.9 Å². The van der Waals surface area contributed by atoms with Gasteiger partial charge in [-0.25, -0.2) is 0 Å². The van der Waals surface area contributed by atoms with Gasteiger partial charge in [-0.3, -0.25) is 9.48 Å². The number of rotatable bonds is 2. The fourth-order valence-corrected chi connectivity index (χ4v) is 1.49. The molecule has 0 saturated carbocycles. The molecule has 1 aromatic carbocycles. The molecule has 1 N–H and O–H groups in total. The topological polar surface area (TPSA) is 55.1 Å². The summed E-state index contributed by atoms with van der Waals surface area (Å²) in [5, 5.41) is 14.0. The van der Waals surface area contributed by atoms with Gasteiger partial charge in [-0.15, -0.1) is 0 Å². The molecule has 1 aromatic heterocycles. The fraction of sp³-hybridized carbons (Fsp3) is 0.111. The molecule has 15 heavy (non-hydrogen) atoms. The van der Waals surface area contributed by atoms with Gasteiger partial charge in [-0.05, 0) is 18.2 Å². The van der Waals surface area contributed by atoms with Gasteiger partial charge < -0.3 is 6.53 Å². The van der Waals surface area contributed by atoms with Crippen LogP contribution in [0.25, 0.3) is 10.9 Å². The van der Waals surface area contributed by atoms with E-state index in [0.29, 0.717) is 5.02 Å². The third kappa shape index (κ3) is 2.72. The molecule has 6 heteroatoms. The van der Waals surface area contributed by atoms with E-state index in [2.05, 4.69) is 5.10 Å². The van der Waals surface area contributed by atoms with Crippen molar-refractivity contribution in [2.24, 2.45) is 0 Å². The van der Waals surface area contributed by atoms with Crippen LogP contribution in [0.1, 0.15) is 1.43 Å². The van der Waals surface area contributed by atoms with Crippen LogP contribution >= 0.6 is 11.6 Å². The molecule has 2 rings (SSSR count). The van der Waals surface area contributed by atoms with E-state index in [1.54, 1.807) is 24.4 Å². The molecule has 0 spiro atoms. The Kier molecular flexibility index (Phi) is 4.16. The third-order valence-electron chi connectivity index (χ3n) is 1.89. The Hall–Kier alpha value is -0.550. The average Bonchev–Trinajstić information content (AvgIpc) is 2.47. The molecule has 0 amide bonds. The first-order valence-corrected chi connectivity index (χ1v) is 4.37. The van der Waals surface area contributed by atoms with Gasteiger partial charge in [0, 0.05) is 10.4 Å². The summed E-state index contributed by atoms with van der Waals surface area (Å²) < 4.78 is 1.42. The van der Waals surface area contributed by atoms with E-state index >= 15 is 0 Å². The number of aliphatic carboxylic acids is 1. The Bertz CT molecular complexity index is 503. The Morgan fingerprint density at radius 3 is 3.00 bits per heavy atom. The molecule has 0 aliphatic rings. The fourth-order valence-electron chi connectivity index (χ4n) is 1.31. The first kappa shape index (κ1) is 12.5. The van der Waals surface area contributed by atoms with Crippen LogP contribution in [0.4, 0.5) is 0 Å². The molecule has 4 nitrogen and oxygen atoms in total. The van der Waals surface area contributed by atoms with Gasteiger partial charge in [-0.2, -0.15) is 5.10 Å². The minimum atomic E-state index is -0.912. The molecule has 0 saturated heterocycles. The summed E-state index contributed by atoms with van der Waals surface area (Å²) in [6.45, 7) is -0.134. The number of benzene rings is 1. The quantitative estimate of drug-likeness (QED) is 0.671. The van der Waals surface area contributed by atoms with Crippen molar-refractivity contribution < 1.29 is 40.9 Å². The zero-order chi connectivity index (χ0) is 10.1. The second kappa shape index (κ2) is 4.99. The van der Waals surface area contributed by atoms with Crippen LogP contribution in [0, 0.1) is 0 Å². The van der Waals surface area contributed by atoms with Crippen molar-refractivity contribution in [3.8, 4) is 0 Å². The number of hydrogen-bond donors (Lipinski definition) is 1. The van der Waals surface area contributed by atoms with Gasteiger partial charge in [-0.1, -0.05) is 11.6 Å². The summed E-state index contributed by atoms with van der Waals surface area (Å²) in [6.07, 6.45) is 1.60. The number of halogens is 1. The number of nitrogens with zero attached hydrogens (tertiary/aromatic N) is 2. The predicted octanol–water partition coefficient (Wildman–Crippen LogP) is -1.11. The van der Waals surface area contributed by atoms with Gasteiger partial charge >= 0.3 is 35.5 Å². The van der Waals surface area contributed by atoms with Crippen molar-refractivity contribution in [1.29, 1.82) is 0 Å². The summed E-state index contributed by atoms with van der Waals surface area (Å²) >= 11 is 5.78. The van der Waals surface area contributed by atoms with Crippen molar-refractivity contribution in [3.05, 3.63) is 29.4 Å². The monoisotopic (exact) mass is 234 g/mol. The molecule has 2 aromatic rings. The maximum absolute atomic E-state index is 10.5. The Morgan fingerprint density at radius 2 is 2.33 bits per heavy atom. The average molecular weight is 235 g/mol. The Balaban J connectivity index is 0.00000112. The predicted molar refractivity (Wildman–Crippen MR) is 53.5 cm³/mol. The summed E-state index contributed by atoms with van der Waals surface area (Å²) in [7, 11) is 0. The molecule has 0 radical (unpaired) electrons. The van der Waals surface area contributed by atoms with E-state index in [9.17, 15) is 4.79 Å². The summed E-state index contributed by atoms with van der Waals surface area (Å²) in [6, 6.07) is 5.22. The van der Waals surface area contributed by atoms with Crippen molar-refractivity contribution in [1.82, 2.24) is 9.78 Å². The van der Waals surface area contributed by atoms with E-state index < -0.39 is 5.97 Å². The van der Waals surface area contributed by atoms with Crippen LogP contribution in [0.15, 0.2) is 24.4 Å². The molecular formula is C9H8ClN2NaO2. The first-order chi connectivity index (χ1) is 6.66. The third-order valence-corrected chi connectivity index (χ3v) is 2.12. The minimum absolute atomic E-state index is 0. The van der Waals surface area contributed by atoms with Crippen LogP contribution < -0.4 is 29.6 Å². The summed E-state index contributed by atoms with van der Waals surface area (Å²) in [5.74, 6) is -0.912. The number of carbonyl (C=O) groups is 1. The minimum Gasteiger partial charge on any atom is -1.00 e. The molecule has 0 aliphatic heterocycles. The van der Waals surface area contributed by atoms with Crippen molar-refractivity contribution in [2.75, 3.05) is 0 Å². The second-order valence-electron chi connectivity index (χ2n) is 2.90. The largest absolute Gasteiger partial charge is 1.00 e. The molecule has 74 valence electrons. The second-order valence-corrected chi connectivity index (χ2v) is 3.34. The number of aromatic nitrogens is 2. The molecular weight excluding hydrogens is 227 g/mol. The van der Waals surface area contributed by atoms with Gasteiger partial charge in [0.2, 0.25) is 0 Å². The normalized spacial score (nSPS) is 9.93. The molecule has 0 unspecified atom stereocenters. The van der Waals surface area contributed by atoms with Crippen molar-refractivity contribution >= 4 is 28.5 Å². The molecule has 0 atom stereocenters. The number of carboxylic acid groups (broad SMARTS) is 1. The first-order valence-electron chi connectivity index (χ1n) is 4.00. The summed E-state index contributed by atoms with van der Waals surface area (Å²) in [4.78, 5) is 10.5. The van der Waals surface area contributed by atoms with Gasteiger partial charge in [0.25, 0.3) is 0 Å². The van der Waals surface area contributed by atoms with Gasteiger partial charge in [0.05, 0.1) is 11.7 Å². The van der Waals surface area contributed by atoms with Crippen LogP contribution in [-0.2, 0) is 11.3 Å². The van der Waals surface area contributed by atoms with Crippen molar-refractivity contribution in [3.63, 3.8) is 0 Å². The smallest absolute Gasteiger partial charge is 1.00 e. The zero-order valence-electron chi connectivity index (χ0n) is 9.14. The number of fused-ring (bicyclic) bond motifs is 1. The van der Waals surface area contributed by atoms with Crippen LogP contribution in [0.3, 0.4) is 0 Å². The summed E-state index contributed by atoms with van der Waals surface area (Å²) in [5.41, 5.74) is 0.775. The van der Waals surface area contributed by atoms with E-state index in [-0.39, 0.29) is 37.5 Å².